The van der Waals surface area contributed by atoms with Gasteiger partial charge in [-0.25, -0.2) is 4.79 Å². The third-order valence-electron chi connectivity index (χ3n) is 4.71. The van der Waals surface area contributed by atoms with Crippen LogP contribution in [0.5, 0.6) is 11.5 Å². The van der Waals surface area contributed by atoms with Gasteiger partial charge in [0.2, 0.25) is 5.91 Å². The molecule has 176 valence electrons. The molecule has 0 aliphatic heterocycles. The molecule has 0 atom stereocenters. The first kappa shape index (κ1) is 24.6. The van der Waals surface area contributed by atoms with E-state index in [2.05, 4.69) is 10.6 Å². The summed E-state index contributed by atoms with van der Waals surface area (Å²) in [6.45, 7) is -0.556. The van der Waals surface area contributed by atoms with Crippen LogP contribution in [0.15, 0.2) is 66.7 Å². The van der Waals surface area contributed by atoms with Crippen LogP contribution >= 0.6 is 11.6 Å². The number of anilines is 2. The third kappa shape index (κ3) is 6.49. The van der Waals surface area contributed by atoms with Crippen molar-refractivity contribution in [1.29, 1.82) is 0 Å². The molecule has 0 bridgehead atoms. The second kappa shape index (κ2) is 11.7. The maximum Gasteiger partial charge on any atom is 0.340 e. The predicted molar refractivity (Wildman–Crippen MR) is 129 cm³/mol. The van der Waals surface area contributed by atoms with Crippen molar-refractivity contribution in [3.05, 3.63) is 82.9 Å². The Balaban J connectivity index is 1.62. The van der Waals surface area contributed by atoms with Crippen LogP contribution in [0.25, 0.3) is 0 Å². The highest BCUT2D eigenvalue weighted by atomic mass is 35.5. The van der Waals surface area contributed by atoms with Gasteiger partial charge in [0.15, 0.2) is 6.61 Å². The summed E-state index contributed by atoms with van der Waals surface area (Å²) in [7, 11) is 2.87. The van der Waals surface area contributed by atoms with Gasteiger partial charge in [-0.2, -0.15) is 0 Å². The van der Waals surface area contributed by atoms with Crippen LogP contribution < -0.4 is 20.1 Å². The molecular formula is C25H23ClN2O6. The summed E-state index contributed by atoms with van der Waals surface area (Å²) < 4.78 is 15.5. The molecule has 0 saturated carbocycles. The van der Waals surface area contributed by atoms with Gasteiger partial charge in [0.1, 0.15) is 11.5 Å². The predicted octanol–water partition coefficient (Wildman–Crippen LogP) is 4.33. The molecule has 0 aliphatic carbocycles. The molecule has 0 heterocycles. The monoisotopic (exact) mass is 482 g/mol. The second-order valence-electron chi connectivity index (χ2n) is 7.07. The van der Waals surface area contributed by atoms with E-state index in [1.807, 2.05) is 30.3 Å². The second-order valence-corrected chi connectivity index (χ2v) is 7.47. The van der Waals surface area contributed by atoms with Crippen molar-refractivity contribution in [3.63, 3.8) is 0 Å². The van der Waals surface area contributed by atoms with Crippen LogP contribution in [0.1, 0.15) is 15.9 Å². The number of halogens is 1. The third-order valence-corrected chi connectivity index (χ3v) is 5.01. The Hall–Kier alpha value is -4.04. The molecule has 2 amide bonds. The Morgan fingerprint density at radius 3 is 2.15 bits per heavy atom. The van der Waals surface area contributed by atoms with E-state index < -0.39 is 18.5 Å². The van der Waals surface area contributed by atoms with E-state index in [0.717, 1.165) is 5.56 Å². The molecule has 8 nitrogen and oxygen atoms in total. The molecule has 34 heavy (non-hydrogen) atoms. The number of carbonyl (C=O) groups excluding carboxylic acids is 3. The molecule has 0 unspecified atom stereocenters. The van der Waals surface area contributed by atoms with Crippen LogP contribution in [0.3, 0.4) is 0 Å². The lowest BCUT2D eigenvalue weighted by Crippen LogP contribution is -2.22. The Bertz CT molecular complexity index is 1180. The van der Waals surface area contributed by atoms with Crippen LogP contribution in [-0.2, 0) is 20.7 Å². The number of para-hydroxylation sites is 1. The number of hydrogen-bond donors (Lipinski definition) is 2. The maximum absolute atomic E-state index is 12.6. The van der Waals surface area contributed by atoms with Gasteiger partial charge in [0.25, 0.3) is 5.91 Å². The van der Waals surface area contributed by atoms with Crippen molar-refractivity contribution in [2.45, 2.75) is 6.42 Å². The molecule has 0 aromatic heterocycles. The SMILES string of the molecule is COc1cc(NC(=O)COC(=O)c2ccccc2NC(=O)Cc2ccccc2)c(OC)cc1Cl. The van der Waals surface area contributed by atoms with Crippen molar-refractivity contribution >= 4 is 40.8 Å². The average Bonchev–Trinajstić information content (AvgIpc) is 2.84. The van der Waals surface area contributed by atoms with E-state index in [-0.39, 0.29) is 23.6 Å². The molecule has 3 aromatic rings. The highest BCUT2D eigenvalue weighted by molar-refractivity contribution is 6.32. The van der Waals surface area contributed by atoms with Crippen molar-refractivity contribution in [1.82, 2.24) is 0 Å². The van der Waals surface area contributed by atoms with Gasteiger partial charge < -0.3 is 24.8 Å². The Morgan fingerprint density at radius 1 is 0.794 bits per heavy atom. The maximum atomic E-state index is 12.6. The summed E-state index contributed by atoms with van der Waals surface area (Å²) >= 11 is 6.07. The van der Waals surface area contributed by atoms with Gasteiger partial charge in [-0.15, -0.1) is 0 Å². The van der Waals surface area contributed by atoms with E-state index in [0.29, 0.717) is 22.2 Å². The average molecular weight is 483 g/mol. The number of nitrogens with one attached hydrogen (secondary N) is 2. The quantitative estimate of drug-likeness (QED) is 0.440. The summed E-state index contributed by atoms with van der Waals surface area (Å²) in [4.78, 5) is 37.4. The van der Waals surface area contributed by atoms with Crippen LogP contribution in [-0.4, -0.2) is 38.6 Å². The molecule has 3 aromatic carbocycles. The van der Waals surface area contributed by atoms with E-state index >= 15 is 0 Å². The Kier molecular flexibility index (Phi) is 8.48. The fourth-order valence-electron chi connectivity index (χ4n) is 3.10. The van der Waals surface area contributed by atoms with Gasteiger partial charge in [-0.05, 0) is 17.7 Å². The molecule has 0 radical (unpaired) electrons. The number of rotatable bonds is 9. The minimum atomic E-state index is -0.758. The standard InChI is InChI=1S/C25H23ClN2O6/c1-32-21-14-20(22(33-2)13-18(21)26)28-24(30)15-34-25(31)17-10-6-7-11-19(17)27-23(29)12-16-8-4-3-5-9-16/h3-11,13-14H,12,15H2,1-2H3,(H,27,29)(H,28,30). The van der Waals surface area contributed by atoms with E-state index in [1.54, 1.807) is 18.2 Å². The molecule has 3 rings (SSSR count). The summed E-state index contributed by atoms with van der Waals surface area (Å²) in [5, 5.41) is 5.63. The largest absolute Gasteiger partial charge is 0.495 e. The minimum absolute atomic E-state index is 0.127. The molecule has 0 fully saturated rings. The fraction of sp³-hybridized carbons (Fsp3) is 0.160. The van der Waals surface area contributed by atoms with Crippen LogP contribution in [0, 0.1) is 0 Å². The zero-order valence-electron chi connectivity index (χ0n) is 18.6. The smallest absolute Gasteiger partial charge is 0.340 e. The highest BCUT2D eigenvalue weighted by Gasteiger charge is 2.18. The zero-order valence-corrected chi connectivity index (χ0v) is 19.3. The Morgan fingerprint density at radius 2 is 1.44 bits per heavy atom. The Labute approximate surface area is 201 Å². The summed E-state index contributed by atoms with van der Waals surface area (Å²) in [6, 6.07) is 18.6. The van der Waals surface area contributed by atoms with Gasteiger partial charge in [-0.3, -0.25) is 9.59 Å². The number of ether oxygens (including phenoxy) is 3. The van der Waals surface area contributed by atoms with E-state index in [1.165, 1.54) is 32.4 Å². The number of benzene rings is 3. The van der Waals surface area contributed by atoms with Gasteiger partial charge in [0, 0.05) is 12.1 Å². The van der Waals surface area contributed by atoms with E-state index in [9.17, 15) is 14.4 Å². The first-order valence-corrected chi connectivity index (χ1v) is 10.6. The van der Waals surface area contributed by atoms with Gasteiger partial charge in [0.05, 0.1) is 42.6 Å². The minimum Gasteiger partial charge on any atom is -0.495 e. The van der Waals surface area contributed by atoms with Crippen molar-refractivity contribution < 1.29 is 28.6 Å². The van der Waals surface area contributed by atoms with E-state index in [4.69, 9.17) is 25.8 Å². The van der Waals surface area contributed by atoms with Crippen molar-refractivity contribution in [2.75, 3.05) is 31.5 Å². The topological polar surface area (TPSA) is 103 Å². The molecule has 0 spiro atoms. The first-order valence-electron chi connectivity index (χ1n) is 10.2. The number of esters is 1. The lowest BCUT2D eigenvalue weighted by molar-refractivity contribution is -0.119. The number of amides is 2. The molecule has 2 N–H and O–H groups in total. The highest BCUT2D eigenvalue weighted by Crippen LogP contribution is 2.35. The summed E-state index contributed by atoms with van der Waals surface area (Å²) in [6.07, 6.45) is 0.152. The van der Waals surface area contributed by atoms with Crippen molar-refractivity contribution in [3.8, 4) is 11.5 Å². The fourth-order valence-corrected chi connectivity index (χ4v) is 3.33. The van der Waals surface area contributed by atoms with Gasteiger partial charge in [-0.1, -0.05) is 54.1 Å². The number of carbonyl (C=O) groups is 3. The molecule has 0 aliphatic rings. The molecular weight excluding hydrogens is 460 g/mol. The lowest BCUT2D eigenvalue weighted by Gasteiger charge is -2.14. The summed E-state index contributed by atoms with van der Waals surface area (Å²) in [5.74, 6) is -0.979. The van der Waals surface area contributed by atoms with Crippen LogP contribution in [0.4, 0.5) is 11.4 Å². The van der Waals surface area contributed by atoms with Crippen LogP contribution in [0.2, 0.25) is 5.02 Å². The summed E-state index contributed by atoms with van der Waals surface area (Å²) in [5.41, 5.74) is 1.56. The zero-order chi connectivity index (χ0) is 24.5. The molecule has 9 heteroatoms. The first-order chi connectivity index (χ1) is 16.4. The molecule has 0 saturated heterocycles. The number of methoxy groups -OCH3 is 2. The number of hydrogen-bond acceptors (Lipinski definition) is 6. The van der Waals surface area contributed by atoms with Gasteiger partial charge >= 0.3 is 5.97 Å². The normalized spacial score (nSPS) is 10.2. The van der Waals surface area contributed by atoms with Crippen molar-refractivity contribution in [2.24, 2.45) is 0 Å². The lowest BCUT2D eigenvalue weighted by atomic mass is 10.1.